The topological polar surface area (TPSA) is 83.4 Å². The van der Waals surface area contributed by atoms with Gasteiger partial charge in [0.25, 0.3) is 5.91 Å². The van der Waals surface area contributed by atoms with Gasteiger partial charge in [-0.25, -0.2) is 4.39 Å². The lowest BCUT2D eigenvalue weighted by Gasteiger charge is -2.11. The lowest BCUT2D eigenvalue weighted by Crippen LogP contribution is -2.18. The largest absolute Gasteiger partial charge is 0.497 e. The van der Waals surface area contributed by atoms with E-state index >= 15 is 0 Å². The standard InChI is InChI=1S/C20H20FN3O3/c1-26-17-6-7-19(27-2)18(11-17)24-20(25)15(12-22)13-23-9-8-14-4-3-5-16(21)10-14/h3-7,10-11,13,23H,8-9H2,1-2H3,(H,24,25)/b15-13-. The molecule has 0 aliphatic heterocycles. The highest BCUT2D eigenvalue weighted by atomic mass is 19.1. The Labute approximate surface area is 157 Å². The van der Waals surface area contributed by atoms with Gasteiger partial charge in [-0.3, -0.25) is 4.79 Å². The molecule has 7 heteroatoms. The number of amides is 1. The molecule has 2 N–H and O–H groups in total. The van der Waals surface area contributed by atoms with Crippen LogP contribution < -0.4 is 20.1 Å². The molecule has 0 aromatic heterocycles. The van der Waals surface area contributed by atoms with E-state index < -0.39 is 5.91 Å². The van der Waals surface area contributed by atoms with Gasteiger partial charge < -0.3 is 20.1 Å². The van der Waals surface area contributed by atoms with Crippen molar-refractivity contribution in [1.29, 1.82) is 5.26 Å². The summed E-state index contributed by atoms with van der Waals surface area (Å²) < 4.78 is 23.5. The van der Waals surface area contributed by atoms with Crippen molar-refractivity contribution in [3.8, 4) is 17.6 Å². The Morgan fingerprint density at radius 3 is 2.70 bits per heavy atom. The van der Waals surface area contributed by atoms with E-state index in [-0.39, 0.29) is 11.4 Å². The zero-order chi connectivity index (χ0) is 19.6. The molecule has 0 atom stereocenters. The molecule has 6 nitrogen and oxygen atoms in total. The van der Waals surface area contributed by atoms with Crippen LogP contribution >= 0.6 is 0 Å². The summed E-state index contributed by atoms with van der Waals surface area (Å²) in [7, 11) is 2.99. The highest BCUT2D eigenvalue weighted by molar-refractivity contribution is 6.07. The number of carbonyl (C=O) groups excluding carboxylic acids is 1. The van der Waals surface area contributed by atoms with E-state index in [2.05, 4.69) is 10.6 Å². The fourth-order valence-corrected chi connectivity index (χ4v) is 2.33. The van der Waals surface area contributed by atoms with Gasteiger partial charge in [0.05, 0.1) is 19.9 Å². The molecule has 0 radical (unpaired) electrons. The lowest BCUT2D eigenvalue weighted by molar-refractivity contribution is -0.112. The molecule has 0 saturated heterocycles. The number of methoxy groups -OCH3 is 2. The minimum atomic E-state index is -0.581. The van der Waals surface area contributed by atoms with Gasteiger partial charge in [-0.15, -0.1) is 0 Å². The molecule has 140 valence electrons. The number of anilines is 1. The lowest BCUT2D eigenvalue weighted by atomic mass is 10.1. The molecule has 2 aromatic rings. The minimum absolute atomic E-state index is 0.0980. The Morgan fingerprint density at radius 1 is 1.22 bits per heavy atom. The highest BCUT2D eigenvalue weighted by Crippen LogP contribution is 2.29. The molecule has 0 aliphatic rings. The molecule has 0 saturated carbocycles. The number of hydrogen-bond acceptors (Lipinski definition) is 5. The average Bonchev–Trinajstić information content (AvgIpc) is 2.68. The van der Waals surface area contributed by atoms with E-state index in [4.69, 9.17) is 9.47 Å². The van der Waals surface area contributed by atoms with Crippen LogP contribution in [-0.4, -0.2) is 26.7 Å². The molecule has 0 unspecified atom stereocenters. The normalized spacial score (nSPS) is 10.7. The van der Waals surface area contributed by atoms with Crippen molar-refractivity contribution in [3.05, 3.63) is 65.6 Å². The van der Waals surface area contributed by atoms with Crippen molar-refractivity contribution < 1.29 is 18.7 Å². The summed E-state index contributed by atoms with van der Waals surface area (Å²) in [6.07, 6.45) is 1.89. The number of hydrogen-bond donors (Lipinski definition) is 2. The summed E-state index contributed by atoms with van der Waals surface area (Å²) in [4.78, 5) is 12.3. The first-order valence-electron chi connectivity index (χ1n) is 8.19. The van der Waals surface area contributed by atoms with Crippen molar-refractivity contribution in [2.75, 3.05) is 26.1 Å². The quantitative estimate of drug-likeness (QED) is 0.425. The molecule has 0 spiro atoms. The number of nitriles is 1. The summed E-state index contributed by atoms with van der Waals surface area (Å²) in [5.41, 5.74) is 1.11. The SMILES string of the molecule is COc1ccc(OC)c(NC(=O)/C(C#N)=C\NCCc2cccc(F)c2)c1. The molecular formula is C20H20FN3O3. The predicted molar refractivity (Wildman–Crippen MR) is 100.0 cm³/mol. The Morgan fingerprint density at radius 2 is 2.04 bits per heavy atom. The Bertz CT molecular complexity index is 875. The van der Waals surface area contributed by atoms with Crippen LogP contribution in [0.1, 0.15) is 5.56 Å². The number of benzene rings is 2. The van der Waals surface area contributed by atoms with Crippen LogP contribution in [0, 0.1) is 17.1 Å². The smallest absolute Gasteiger partial charge is 0.267 e. The van der Waals surface area contributed by atoms with Crippen LogP contribution in [0.3, 0.4) is 0 Å². The van der Waals surface area contributed by atoms with Crippen LogP contribution in [0.25, 0.3) is 0 Å². The van der Waals surface area contributed by atoms with Crippen molar-refractivity contribution >= 4 is 11.6 Å². The van der Waals surface area contributed by atoms with Crippen molar-refractivity contribution in [2.24, 2.45) is 0 Å². The Kier molecular flexibility index (Phi) is 7.20. The summed E-state index contributed by atoms with van der Waals surface area (Å²) in [5, 5.41) is 14.8. The fraction of sp³-hybridized carbons (Fsp3) is 0.200. The minimum Gasteiger partial charge on any atom is -0.497 e. The second-order valence-electron chi connectivity index (χ2n) is 5.52. The first kappa shape index (κ1) is 19.8. The number of halogens is 1. The van der Waals surface area contributed by atoms with E-state index in [0.29, 0.717) is 30.2 Å². The maximum absolute atomic E-state index is 13.1. The second-order valence-corrected chi connectivity index (χ2v) is 5.52. The highest BCUT2D eigenvalue weighted by Gasteiger charge is 2.13. The Hall–Kier alpha value is -3.53. The number of nitrogens with one attached hydrogen (secondary N) is 2. The van der Waals surface area contributed by atoms with E-state index in [1.165, 1.54) is 32.6 Å². The first-order valence-corrected chi connectivity index (χ1v) is 8.19. The van der Waals surface area contributed by atoms with Gasteiger partial charge >= 0.3 is 0 Å². The van der Waals surface area contributed by atoms with E-state index in [1.807, 2.05) is 6.07 Å². The van der Waals surface area contributed by atoms with Crippen LogP contribution in [0.5, 0.6) is 11.5 Å². The number of ether oxygens (including phenoxy) is 2. The summed E-state index contributed by atoms with van der Waals surface area (Å²) in [6.45, 7) is 0.449. The molecule has 0 aliphatic carbocycles. The van der Waals surface area contributed by atoms with E-state index in [0.717, 1.165) is 5.56 Å². The van der Waals surface area contributed by atoms with Gasteiger partial charge in [-0.1, -0.05) is 12.1 Å². The molecule has 0 fully saturated rings. The molecule has 2 rings (SSSR count). The molecule has 2 aromatic carbocycles. The number of rotatable bonds is 8. The van der Waals surface area contributed by atoms with E-state index in [9.17, 15) is 14.4 Å². The van der Waals surface area contributed by atoms with Crippen molar-refractivity contribution in [3.63, 3.8) is 0 Å². The fourth-order valence-electron chi connectivity index (χ4n) is 2.33. The van der Waals surface area contributed by atoms with Gasteiger partial charge in [0.1, 0.15) is 29.0 Å². The number of carbonyl (C=O) groups is 1. The average molecular weight is 369 g/mol. The molecule has 27 heavy (non-hydrogen) atoms. The van der Waals surface area contributed by atoms with Gasteiger partial charge in [-0.05, 0) is 36.2 Å². The zero-order valence-corrected chi connectivity index (χ0v) is 15.1. The summed E-state index contributed by atoms with van der Waals surface area (Å²) in [5.74, 6) is 0.108. The first-order chi connectivity index (χ1) is 13.1. The van der Waals surface area contributed by atoms with Gasteiger partial charge in [0, 0.05) is 18.8 Å². The maximum atomic E-state index is 13.1. The molecule has 0 bridgehead atoms. The zero-order valence-electron chi connectivity index (χ0n) is 15.1. The Balaban J connectivity index is 1.99. The number of nitrogens with zero attached hydrogens (tertiary/aromatic N) is 1. The van der Waals surface area contributed by atoms with Crippen LogP contribution in [0.4, 0.5) is 10.1 Å². The van der Waals surface area contributed by atoms with Crippen LogP contribution in [0.2, 0.25) is 0 Å². The maximum Gasteiger partial charge on any atom is 0.267 e. The van der Waals surface area contributed by atoms with Crippen molar-refractivity contribution in [2.45, 2.75) is 6.42 Å². The molecule has 1 amide bonds. The van der Waals surface area contributed by atoms with Gasteiger partial charge in [0.15, 0.2) is 0 Å². The second kappa shape index (κ2) is 9.82. The van der Waals surface area contributed by atoms with Crippen LogP contribution in [-0.2, 0) is 11.2 Å². The molecule has 0 heterocycles. The third kappa shape index (κ3) is 5.75. The third-order valence-electron chi connectivity index (χ3n) is 3.71. The third-order valence-corrected chi connectivity index (χ3v) is 3.71. The monoisotopic (exact) mass is 369 g/mol. The predicted octanol–water partition coefficient (Wildman–Crippen LogP) is 3.02. The van der Waals surface area contributed by atoms with Crippen molar-refractivity contribution in [1.82, 2.24) is 5.32 Å². The molecular weight excluding hydrogens is 349 g/mol. The van der Waals surface area contributed by atoms with E-state index in [1.54, 1.807) is 30.3 Å². The summed E-state index contributed by atoms with van der Waals surface area (Å²) >= 11 is 0. The summed E-state index contributed by atoms with van der Waals surface area (Å²) in [6, 6.07) is 13.1. The van der Waals surface area contributed by atoms with Crippen LogP contribution in [0.15, 0.2) is 54.2 Å². The van der Waals surface area contributed by atoms with Gasteiger partial charge in [-0.2, -0.15) is 5.26 Å². The van der Waals surface area contributed by atoms with Gasteiger partial charge in [0.2, 0.25) is 0 Å².